The third-order valence-electron chi connectivity index (χ3n) is 4.12. The van der Waals surface area contributed by atoms with E-state index in [-0.39, 0.29) is 6.10 Å². The largest absolute Gasteiger partial charge is 0.375 e. The van der Waals surface area contributed by atoms with Gasteiger partial charge < -0.3 is 15.4 Å². The molecule has 0 radical (unpaired) electrons. The van der Waals surface area contributed by atoms with Crippen LogP contribution in [-0.4, -0.2) is 36.5 Å². The molecule has 0 fully saturated rings. The van der Waals surface area contributed by atoms with Crippen LogP contribution in [0.5, 0.6) is 0 Å². The molecule has 0 saturated carbocycles. The summed E-state index contributed by atoms with van der Waals surface area (Å²) < 4.78 is 7.66. The summed E-state index contributed by atoms with van der Waals surface area (Å²) in [4.78, 5) is 0. The molecule has 22 heavy (non-hydrogen) atoms. The number of benzene rings is 1. The highest BCUT2D eigenvalue weighted by molar-refractivity contribution is 5.38. The molecule has 118 valence electrons. The molecule has 2 aromatic rings. The number of nitrogens with zero attached hydrogens (tertiary/aromatic N) is 2. The van der Waals surface area contributed by atoms with Crippen LogP contribution in [0.1, 0.15) is 17.4 Å². The lowest BCUT2D eigenvalue weighted by atomic mass is 10.1. The first kappa shape index (κ1) is 15.1. The molecular formula is C17H24N4O. The van der Waals surface area contributed by atoms with Gasteiger partial charge in [0.05, 0.1) is 11.8 Å². The van der Waals surface area contributed by atoms with Crippen molar-refractivity contribution in [1.29, 1.82) is 0 Å². The van der Waals surface area contributed by atoms with Crippen LogP contribution >= 0.6 is 0 Å². The molecule has 0 amide bonds. The van der Waals surface area contributed by atoms with Gasteiger partial charge in [-0.05, 0) is 12.5 Å². The molecule has 3 rings (SSSR count). The topological polar surface area (TPSA) is 51.1 Å². The zero-order valence-electron chi connectivity index (χ0n) is 13.2. The Hall–Kier alpha value is -1.85. The Morgan fingerprint density at radius 3 is 3.00 bits per heavy atom. The SMILES string of the molecule is CO[C@@H](CNC[C@H]1CNc2cc(C)nn2C1)c1ccccc1. The van der Waals surface area contributed by atoms with Crippen molar-refractivity contribution < 1.29 is 4.74 Å². The van der Waals surface area contributed by atoms with Gasteiger partial charge in [-0.15, -0.1) is 0 Å². The van der Waals surface area contributed by atoms with Crippen molar-refractivity contribution in [2.45, 2.75) is 19.6 Å². The van der Waals surface area contributed by atoms with Crippen molar-refractivity contribution in [1.82, 2.24) is 15.1 Å². The summed E-state index contributed by atoms with van der Waals surface area (Å²) in [5, 5.41) is 11.5. The minimum Gasteiger partial charge on any atom is -0.375 e. The van der Waals surface area contributed by atoms with E-state index in [1.54, 1.807) is 7.11 Å². The standard InChI is InChI=1S/C17H24N4O/c1-13-8-17-19-10-14(12-21(17)20-13)9-18-11-16(22-2)15-6-4-3-5-7-15/h3-8,14,16,18-19H,9-12H2,1-2H3/t14-,16-/m0/s1. The monoisotopic (exact) mass is 300 g/mol. The van der Waals surface area contributed by atoms with Gasteiger partial charge >= 0.3 is 0 Å². The van der Waals surface area contributed by atoms with Gasteiger partial charge in [-0.1, -0.05) is 30.3 Å². The normalized spacial score (nSPS) is 18.5. The molecule has 0 aliphatic carbocycles. The van der Waals surface area contributed by atoms with Crippen molar-refractivity contribution in [2.24, 2.45) is 5.92 Å². The third-order valence-corrected chi connectivity index (χ3v) is 4.12. The highest BCUT2D eigenvalue weighted by Gasteiger charge is 2.19. The van der Waals surface area contributed by atoms with Crippen LogP contribution in [0.4, 0.5) is 5.82 Å². The summed E-state index contributed by atoms with van der Waals surface area (Å²) in [7, 11) is 1.76. The lowest BCUT2D eigenvalue weighted by molar-refractivity contribution is 0.101. The quantitative estimate of drug-likeness (QED) is 0.859. The van der Waals surface area contributed by atoms with Gasteiger partial charge in [-0.25, -0.2) is 4.68 Å². The highest BCUT2D eigenvalue weighted by atomic mass is 16.5. The van der Waals surface area contributed by atoms with Crippen LogP contribution in [0, 0.1) is 12.8 Å². The number of methoxy groups -OCH3 is 1. The number of nitrogens with one attached hydrogen (secondary N) is 2. The second-order valence-corrected chi connectivity index (χ2v) is 5.89. The maximum Gasteiger partial charge on any atom is 0.124 e. The van der Waals surface area contributed by atoms with Gasteiger partial charge in [-0.3, -0.25) is 0 Å². The number of aryl methyl sites for hydroxylation is 1. The van der Waals surface area contributed by atoms with E-state index in [0.29, 0.717) is 5.92 Å². The van der Waals surface area contributed by atoms with Gasteiger partial charge in [-0.2, -0.15) is 5.10 Å². The minimum atomic E-state index is 0.0975. The van der Waals surface area contributed by atoms with E-state index >= 15 is 0 Å². The van der Waals surface area contributed by atoms with Crippen LogP contribution in [0.25, 0.3) is 0 Å². The predicted molar refractivity (Wildman–Crippen MR) is 88.0 cm³/mol. The Morgan fingerprint density at radius 1 is 1.41 bits per heavy atom. The summed E-state index contributed by atoms with van der Waals surface area (Å²) >= 11 is 0. The van der Waals surface area contributed by atoms with E-state index in [9.17, 15) is 0 Å². The van der Waals surface area contributed by atoms with Crippen LogP contribution in [-0.2, 0) is 11.3 Å². The number of ether oxygens (including phenoxy) is 1. The summed E-state index contributed by atoms with van der Waals surface area (Å²) in [5.41, 5.74) is 2.28. The number of rotatable bonds is 6. The number of hydrogen-bond donors (Lipinski definition) is 2. The molecular weight excluding hydrogens is 276 g/mol. The van der Waals surface area contributed by atoms with Crippen molar-refractivity contribution >= 4 is 5.82 Å². The highest BCUT2D eigenvalue weighted by Crippen LogP contribution is 2.19. The number of anilines is 1. The van der Waals surface area contributed by atoms with Crippen molar-refractivity contribution in [2.75, 3.05) is 32.1 Å². The molecule has 0 unspecified atom stereocenters. The Morgan fingerprint density at radius 2 is 2.23 bits per heavy atom. The summed E-state index contributed by atoms with van der Waals surface area (Å²) in [5.74, 6) is 1.67. The first-order valence-corrected chi connectivity index (χ1v) is 7.83. The van der Waals surface area contributed by atoms with E-state index in [1.807, 2.05) is 25.1 Å². The molecule has 5 heteroatoms. The molecule has 0 saturated heterocycles. The van der Waals surface area contributed by atoms with E-state index in [0.717, 1.165) is 37.7 Å². The van der Waals surface area contributed by atoms with Crippen molar-refractivity contribution in [3.63, 3.8) is 0 Å². The lowest BCUT2D eigenvalue weighted by Gasteiger charge is -2.26. The molecule has 0 spiro atoms. The molecule has 0 bridgehead atoms. The average Bonchev–Trinajstić information content (AvgIpc) is 2.92. The van der Waals surface area contributed by atoms with Gasteiger partial charge in [0.15, 0.2) is 0 Å². The Kier molecular flexibility index (Phi) is 4.75. The van der Waals surface area contributed by atoms with E-state index in [1.165, 1.54) is 5.56 Å². The molecule has 5 nitrogen and oxygen atoms in total. The lowest BCUT2D eigenvalue weighted by Crippen LogP contribution is -2.36. The number of fused-ring (bicyclic) bond motifs is 1. The van der Waals surface area contributed by atoms with Gasteiger partial charge in [0.1, 0.15) is 5.82 Å². The van der Waals surface area contributed by atoms with Gasteiger partial charge in [0, 0.05) is 45.3 Å². The first-order valence-electron chi connectivity index (χ1n) is 7.83. The Labute approximate surface area is 131 Å². The number of hydrogen-bond acceptors (Lipinski definition) is 4. The zero-order valence-corrected chi connectivity index (χ0v) is 13.2. The molecule has 2 N–H and O–H groups in total. The minimum absolute atomic E-state index is 0.0975. The summed E-state index contributed by atoms with van der Waals surface area (Å²) in [6.07, 6.45) is 0.0975. The second kappa shape index (κ2) is 6.94. The van der Waals surface area contributed by atoms with Crippen molar-refractivity contribution in [3.05, 3.63) is 47.7 Å². The second-order valence-electron chi connectivity index (χ2n) is 5.89. The van der Waals surface area contributed by atoms with Gasteiger partial charge in [0.2, 0.25) is 0 Å². The van der Waals surface area contributed by atoms with Crippen LogP contribution in [0.2, 0.25) is 0 Å². The fourth-order valence-electron chi connectivity index (χ4n) is 2.95. The van der Waals surface area contributed by atoms with Crippen LogP contribution in [0.15, 0.2) is 36.4 Å². The van der Waals surface area contributed by atoms with Crippen molar-refractivity contribution in [3.8, 4) is 0 Å². The smallest absolute Gasteiger partial charge is 0.124 e. The predicted octanol–water partition coefficient (Wildman–Crippen LogP) is 2.21. The Bertz CT molecular complexity index is 596. The fraction of sp³-hybridized carbons (Fsp3) is 0.471. The number of aromatic nitrogens is 2. The maximum atomic E-state index is 5.59. The molecule has 2 heterocycles. The molecule has 1 aromatic heterocycles. The van der Waals surface area contributed by atoms with Crippen LogP contribution < -0.4 is 10.6 Å². The Balaban J connectivity index is 1.49. The fourth-order valence-corrected chi connectivity index (χ4v) is 2.95. The van der Waals surface area contributed by atoms with E-state index < -0.39 is 0 Å². The van der Waals surface area contributed by atoms with Crippen LogP contribution in [0.3, 0.4) is 0 Å². The average molecular weight is 300 g/mol. The molecule has 1 aliphatic heterocycles. The molecule has 1 aromatic carbocycles. The van der Waals surface area contributed by atoms with Gasteiger partial charge in [0.25, 0.3) is 0 Å². The summed E-state index contributed by atoms with van der Waals surface area (Å²) in [6.45, 7) is 5.76. The molecule has 2 atom stereocenters. The zero-order chi connectivity index (χ0) is 15.4. The third kappa shape index (κ3) is 3.48. The van der Waals surface area contributed by atoms with E-state index in [4.69, 9.17) is 4.74 Å². The first-order chi connectivity index (χ1) is 10.8. The summed E-state index contributed by atoms with van der Waals surface area (Å²) in [6, 6.07) is 12.4. The van der Waals surface area contributed by atoms with E-state index in [2.05, 4.69) is 38.6 Å². The maximum absolute atomic E-state index is 5.59. The molecule has 1 aliphatic rings.